The highest BCUT2D eigenvalue weighted by Gasteiger charge is 2.18. The summed E-state index contributed by atoms with van der Waals surface area (Å²) >= 11 is 4.84. The molecule has 0 saturated heterocycles. The SMILES string of the molecule is CCOC(=O)c1nc2ccccc2nc1Sc1cccc(Br)c1. The molecule has 23 heavy (non-hydrogen) atoms. The van der Waals surface area contributed by atoms with Gasteiger partial charge in [-0.1, -0.05) is 45.9 Å². The first kappa shape index (κ1) is 16.0. The lowest BCUT2D eigenvalue weighted by molar-refractivity contribution is 0.0514. The lowest BCUT2D eigenvalue weighted by atomic mass is 10.3. The maximum Gasteiger partial charge on any atom is 0.359 e. The van der Waals surface area contributed by atoms with Crippen LogP contribution >= 0.6 is 27.7 Å². The minimum absolute atomic E-state index is 0.246. The maximum atomic E-state index is 12.2. The smallest absolute Gasteiger partial charge is 0.359 e. The zero-order valence-corrected chi connectivity index (χ0v) is 14.7. The van der Waals surface area contributed by atoms with Gasteiger partial charge in [0.25, 0.3) is 0 Å². The van der Waals surface area contributed by atoms with E-state index in [9.17, 15) is 4.79 Å². The third-order valence-corrected chi connectivity index (χ3v) is 4.48. The molecule has 0 spiro atoms. The summed E-state index contributed by atoms with van der Waals surface area (Å²) in [5.41, 5.74) is 1.67. The summed E-state index contributed by atoms with van der Waals surface area (Å²) in [6, 6.07) is 15.3. The Kier molecular flexibility index (Phi) is 4.93. The molecule has 1 aromatic heterocycles. The fourth-order valence-corrected chi connectivity index (χ4v) is 3.51. The van der Waals surface area contributed by atoms with Crippen LogP contribution in [-0.4, -0.2) is 22.5 Å². The maximum absolute atomic E-state index is 12.2. The van der Waals surface area contributed by atoms with Gasteiger partial charge in [-0.05, 0) is 37.3 Å². The molecule has 3 aromatic rings. The van der Waals surface area contributed by atoms with E-state index in [1.54, 1.807) is 6.92 Å². The second-order valence-corrected chi connectivity index (χ2v) is 6.62. The molecule has 0 aliphatic heterocycles. The van der Waals surface area contributed by atoms with Crippen molar-refractivity contribution in [2.75, 3.05) is 6.61 Å². The Balaban J connectivity index is 2.08. The number of rotatable bonds is 4. The summed E-state index contributed by atoms with van der Waals surface area (Å²) in [4.78, 5) is 22.2. The molecule has 4 nitrogen and oxygen atoms in total. The molecule has 1 heterocycles. The van der Waals surface area contributed by atoms with E-state index in [0.29, 0.717) is 17.1 Å². The minimum atomic E-state index is -0.455. The van der Waals surface area contributed by atoms with Gasteiger partial charge in [0.05, 0.1) is 17.6 Å². The topological polar surface area (TPSA) is 52.1 Å². The van der Waals surface area contributed by atoms with E-state index in [1.165, 1.54) is 11.8 Å². The number of ether oxygens (including phenoxy) is 1. The van der Waals surface area contributed by atoms with Gasteiger partial charge in [0.15, 0.2) is 5.69 Å². The largest absolute Gasteiger partial charge is 0.461 e. The highest BCUT2D eigenvalue weighted by molar-refractivity contribution is 9.10. The molecule has 0 unspecified atom stereocenters. The van der Waals surface area contributed by atoms with Crippen molar-refractivity contribution in [1.29, 1.82) is 0 Å². The molecule has 3 rings (SSSR count). The van der Waals surface area contributed by atoms with Crippen molar-refractivity contribution in [3.63, 3.8) is 0 Å². The standard InChI is InChI=1S/C17H13BrN2O2S/c1-2-22-17(21)15-16(23-12-7-5-6-11(18)10-12)20-14-9-4-3-8-13(14)19-15/h3-10H,2H2,1H3. The molecule has 0 bridgehead atoms. The minimum Gasteiger partial charge on any atom is -0.461 e. The second-order valence-electron chi connectivity index (χ2n) is 4.65. The lowest BCUT2D eigenvalue weighted by Crippen LogP contribution is -2.10. The fourth-order valence-electron chi connectivity index (χ4n) is 2.03. The highest BCUT2D eigenvalue weighted by atomic mass is 79.9. The van der Waals surface area contributed by atoms with Crippen molar-refractivity contribution < 1.29 is 9.53 Å². The van der Waals surface area contributed by atoms with Gasteiger partial charge in [-0.3, -0.25) is 0 Å². The van der Waals surface area contributed by atoms with Crippen LogP contribution in [0.4, 0.5) is 0 Å². The van der Waals surface area contributed by atoms with Crippen molar-refractivity contribution in [3.05, 3.63) is 58.7 Å². The van der Waals surface area contributed by atoms with Crippen molar-refractivity contribution in [2.45, 2.75) is 16.8 Å². The molecule has 0 radical (unpaired) electrons. The van der Waals surface area contributed by atoms with Gasteiger partial charge in [0.1, 0.15) is 5.03 Å². The zero-order valence-electron chi connectivity index (χ0n) is 12.3. The predicted molar refractivity (Wildman–Crippen MR) is 93.8 cm³/mol. The molecule has 0 aliphatic rings. The number of carbonyl (C=O) groups excluding carboxylic acids is 1. The Hall–Kier alpha value is -1.92. The lowest BCUT2D eigenvalue weighted by Gasteiger charge is -2.09. The fraction of sp³-hybridized carbons (Fsp3) is 0.118. The van der Waals surface area contributed by atoms with Crippen LogP contribution in [0.5, 0.6) is 0 Å². The van der Waals surface area contributed by atoms with Gasteiger partial charge in [-0.15, -0.1) is 0 Å². The number of halogens is 1. The van der Waals surface area contributed by atoms with Crippen molar-refractivity contribution in [3.8, 4) is 0 Å². The van der Waals surface area contributed by atoms with Gasteiger partial charge in [-0.25, -0.2) is 14.8 Å². The van der Waals surface area contributed by atoms with Crippen LogP contribution in [0, 0.1) is 0 Å². The van der Waals surface area contributed by atoms with E-state index in [0.717, 1.165) is 14.9 Å². The Morgan fingerprint density at radius 3 is 2.57 bits per heavy atom. The Bertz CT molecular complexity index is 870. The zero-order chi connectivity index (χ0) is 16.2. The third-order valence-electron chi connectivity index (χ3n) is 3.02. The number of fused-ring (bicyclic) bond motifs is 1. The highest BCUT2D eigenvalue weighted by Crippen LogP contribution is 2.31. The first-order valence-corrected chi connectivity index (χ1v) is 8.65. The predicted octanol–water partition coefficient (Wildman–Crippen LogP) is 4.72. The average molecular weight is 389 g/mol. The van der Waals surface area contributed by atoms with Crippen molar-refractivity contribution >= 4 is 44.7 Å². The normalized spacial score (nSPS) is 10.7. The molecular formula is C17H13BrN2O2S. The molecule has 0 fully saturated rings. The molecule has 0 N–H and O–H groups in total. The number of carbonyl (C=O) groups is 1. The van der Waals surface area contributed by atoms with Crippen LogP contribution in [0.25, 0.3) is 11.0 Å². The van der Waals surface area contributed by atoms with E-state index in [1.807, 2.05) is 48.5 Å². The summed E-state index contributed by atoms with van der Waals surface area (Å²) in [6.45, 7) is 2.07. The molecule has 116 valence electrons. The van der Waals surface area contributed by atoms with Crippen LogP contribution in [0.3, 0.4) is 0 Å². The molecule has 0 amide bonds. The van der Waals surface area contributed by atoms with Gasteiger partial charge >= 0.3 is 5.97 Å². The monoisotopic (exact) mass is 388 g/mol. The summed E-state index contributed by atoms with van der Waals surface area (Å²) < 4.78 is 6.08. The van der Waals surface area contributed by atoms with E-state index in [2.05, 4.69) is 25.9 Å². The van der Waals surface area contributed by atoms with E-state index in [-0.39, 0.29) is 5.69 Å². The van der Waals surface area contributed by atoms with Gasteiger partial charge in [-0.2, -0.15) is 0 Å². The Morgan fingerprint density at radius 1 is 1.13 bits per heavy atom. The molecule has 0 aliphatic carbocycles. The second kappa shape index (κ2) is 7.10. The van der Waals surface area contributed by atoms with E-state index in [4.69, 9.17) is 4.74 Å². The average Bonchev–Trinajstić information content (AvgIpc) is 2.54. The number of nitrogens with zero attached hydrogens (tertiary/aromatic N) is 2. The van der Waals surface area contributed by atoms with E-state index >= 15 is 0 Å². The molecule has 6 heteroatoms. The van der Waals surface area contributed by atoms with Gasteiger partial charge < -0.3 is 4.74 Å². The van der Waals surface area contributed by atoms with Crippen LogP contribution in [0.1, 0.15) is 17.4 Å². The number of hydrogen-bond acceptors (Lipinski definition) is 5. The van der Waals surface area contributed by atoms with Crippen molar-refractivity contribution in [1.82, 2.24) is 9.97 Å². The molecule has 2 aromatic carbocycles. The third kappa shape index (κ3) is 3.71. The number of aromatic nitrogens is 2. The number of esters is 1. The Morgan fingerprint density at radius 2 is 1.87 bits per heavy atom. The van der Waals surface area contributed by atoms with Crippen LogP contribution < -0.4 is 0 Å². The summed E-state index contributed by atoms with van der Waals surface area (Å²) in [7, 11) is 0. The first-order chi connectivity index (χ1) is 11.2. The van der Waals surface area contributed by atoms with Crippen LogP contribution in [0.15, 0.2) is 62.9 Å². The summed E-state index contributed by atoms with van der Waals surface area (Å²) in [5.74, 6) is -0.455. The van der Waals surface area contributed by atoms with Crippen LogP contribution in [0.2, 0.25) is 0 Å². The Labute approximate surface area is 146 Å². The number of hydrogen-bond donors (Lipinski definition) is 0. The van der Waals surface area contributed by atoms with E-state index < -0.39 is 5.97 Å². The quantitative estimate of drug-likeness (QED) is 0.605. The van der Waals surface area contributed by atoms with Gasteiger partial charge in [0, 0.05) is 9.37 Å². The summed E-state index contributed by atoms with van der Waals surface area (Å²) in [5, 5.41) is 0.542. The van der Waals surface area contributed by atoms with Crippen LogP contribution in [-0.2, 0) is 4.74 Å². The summed E-state index contributed by atoms with van der Waals surface area (Å²) in [6.07, 6.45) is 0. The number of benzene rings is 2. The molecular weight excluding hydrogens is 376 g/mol. The molecule has 0 atom stereocenters. The number of para-hydroxylation sites is 2. The van der Waals surface area contributed by atoms with Crippen molar-refractivity contribution in [2.24, 2.45) is 0 Å². The molecule has 0 saturated carbocycles. The first-order valence-electron chi connectivity index (χ1n) is 7.04. The van der Waals surface area contributed by atoms with Gasteiger partial charge in [0.2, 0.25) is 0 Å².